The second kappa shape index (κ2) is 12.7. The third-order valence-electron chi connectivity index (χ3n) is 6.74. The number of anilines is 1. The molecule has 1 atom stereocenters. The Balaban J connectivity index is 0.00000195. The second-order valence-corrected chi connectivity index (χ2v) is 9.36. The van der Waals surface area contributed by atoms with Crippen molar-refractivity contribution < 1.29 is 27.9 Å². The zero-order valence-electron chi connectivity index (χ0n) is 22.4. The Hall–Kier alpha value is -3.69. The van der Waals surface area contributed by atoms with Crippen LogP contribution in [0.3, 0.4) is 0 Å². The quantitative estimate of drug-likeness (QED) is 0.407. The molecule has 0 aromatic heterocycles. The molecule has 3 heterocycles. The normalized spacial score (nSPS) is 20.3. The van der Waals surface area contributed by atoms with Crippen molar-refractivity contribution in [1.82, 2.24) is 15.5 Å². The number of benzene rings is 1. The van der Waals surface area contributed by atoms with Gasteiger partial charge in [-0.1, -0.05) is 38.2 Å². The first-order valence-electron chi connectivity index (χ1n) is 12.9. The van der Waals surface area contributed by atoms with E-state index in [9.17, 15) is 23.2 Å². The Labute approximate surface area is 222 Å². The maximum atomic E-state index is 14.7. The number of allylic oxidation sites excluding steroid dienone is 4. The summed E-state index contributed by atoms with van der Waals surface area (Å²) < 4.78 is 34.9. The fourth-order valence-corrected chi connectivity index (χ4v) is 4.36. The summed E-state index contributed by atoms with van der Waals surface area (Å²) in [6, 6.07) is 2.15. The zero-order valence-corrected chi connectivity index (χ0v) is 22.4. The topological polar surface area (TPSA) is 91.0 Å². The molecule has 8 nitrogen and oxygen atoms in total. The molecule has 0 aliphatic carbocycles. The van der Waals surface area contributed by atoms with E-state index in [1.54, 1.807) is 4.90 Å². The Bertz CT molecular complexity index is 1110. The Morgan fingerprint density at radius 2 is 1.76 bits per heavy atom. The third-order valence-corrected chi connectivity index (χ3v) is 6.74. The molecule has 3 aliphatic heterocycles. The van der Waals surface area contributed by atoms with Crippen LogP contribution in [0.1, 0.15) is 52.0 Å². The van der Waals surface area contributed by atoms with Crippen LogP contribution in [0.15, 0.2) is 48.2 Å². The van der Waals surface area contributed by atoms with Crippen molar-refractivity contribution in [3.05, 3.63) is 65.4 Å². The Morgan fingerprint density at radius 3 is 2.34 bits per heavy atom. The van der Waals surface area contributed by atoms with Crippen LogP contribution in [0.25, 0.3) is 0 Å². The van der Waals surface area contributed by atoms with Crippen LogP contribution in [-0.4, -0.2) is 61.1 Å². The molecule has 1 unspecified atom stereocenters. The molecule has 0 radical (unpaired) electrons. The van der Waals surface area contributed by atoms with E-state index in [1.807, 2.05) is 50.8 Å². The molecule has 2 N–H and O–H groups in total. The molecule has 3 amide bonds. The number of piperidine rings is 1. The number of rotatable bonds is 7. The smallest absolute Gasteiger partial charge is 0.407 e. The van der Waals surface area contributed by atoms with E-state index in [-0.39, 0.29) is 30.6 Å². The maximum Gasteiger partial charge on any atom is 0.407 e. The molecule has 3 aliphatic rings. The minimum Gasteiger partial charge on any atom is -0.442 e. The molecular weight excluding hydrogens is 494 g/mol. The van der Waals surface area contributed by atoms with E-state index in [4.69, 9.17) is 4.74 Å². The lowest BCUT2D eigenvalue weighted by Gasteiger charge is -2.43. The van der Waals surface area contributed by atoms with Crippen molar-refractivity contribution in [3.8, 4) is 0 Å². The van der Waals surface area contributed by atoms with Crippen molar-refractivity contribution in [2.75, 3.05) is 31.1 Å². The maximum absolute atomic E-state index is 14.7. The summed E-state index contributed by atoms with van der Waals surface area (Å²) in [5.74, 6) is -3.84. The SMILES string of the molecule is C=C(/C=C\C(C)=C/C)N1CC(OC(=O)NC2CN(c3cc(F)c(C4CCC(=O)NC4=O)c(F)c3)C2)C1.CC. The van der Waals surface area contributed by atoms with Crippen LogP contribution in [0.2, 0.25) is 0 Å². The number of hydrogen-bond donors (Lipinski definition) is 2. The lowest BCUT2D eigenvalue weighted by Crippen LogP contribution is -2.61. The van der Waals surface area contributed by atoms with Crippen LogP contribution in [0.5, 0.6) is 0 Å². The summed E-state index contributed by atoms with van der Waals surface area (Å²) in [6.45, 7) is 13.9. The third kappa shape index (κ3) is 6.79. The summed E-state index contributed by atoms with van der Waals surface area (Å²) in [7, 11) is 0. The molecule has 3 saturated heterocycles. The summed E-state index contributed by atoms with van der Waals surface area (Å²) >= 11 is 0. The molecule has 3 fully saturated rings. The average Bonchev–Trinajstić information content (AvgIpc) is 2.83. The van der Waals surface area contributed by atoms with Gasteiger partial charge in [-0.3, -0.25) is 14.9 Å². The monoisotopic (exact) mass is 530 g/mol. The molecule has 206 valence electrons. The number of hydrogen-bond acceptors (Lipinski definition) is 6. The van der Waals surface area contributed by atoms with E-state index >= 15 is 0 Å². The molecule has 0 saturated carbocycles. The van der Waals surface area contributed by atoms with Gasteiger partial charge in [-0.05, 0) is 38.5 Å². The first-order valence-corrected chi connectivity index (χ1v) is 12.9. The fourth-order valence-electron chi connectivity index (χ4n) is 4.36. The molecule has 1 aromatic carbocycles. The largest absolute Gasteiger partial charge is 0.442 e. The van der Waals surface area contributed by atoms with Gasteiger partial charge in [0.25, 0.3) is 0 Å². The summed E-state index contributed by atoms with van der Waals surface area (Å²) in [4.78, 5) is 39.3. The van der Waals surface area contributed by atoms with Crippen molar-refractivity contribution in [2.45, 2.75) is 58.6 Å². The van der Waals surface area contributed by atoms with E-state index in [0.29, 0.717) is 31.9 Å². The number of amides is 3. The van der Waals surface area contributed by atoms with Gasteiger partial charge >= 0.3 is 6.09 Å². The number of carbonyl (C=O) groups is 3. The van der Waals surface area contributed by atoms with Crippen molar-refractivity contribution in [2.24, 2.45) is 0 Å². The second-order valence-electron chi connectivity index (χ2n) is 9.36. The highest BCUT2D eigenvalue weighted by molar-refractivity contribution is 6.01. The van der Waals surface area contributed by atoms with Gasteiger partial charge < -0.3 is 19.9 Å². The fraction of sp³-hybridized carbons (Fsp3) is 0.464. The predicted octanol–water partition coefficient (Wildman–Crippen LogP) is 4.15. The lowest BCUT2D eigenvalue weighted by atomic mass is 9.89. The molecular formula is C28H36F2N4O4. The van der Waals surface area contributed by atoms with Crippen LogP contribution in [0.4, 0.5) is 19.3 Å². The first kappa shape index (κ1) is 28.9. The van der Waals surface area contributed by atoms with Crippen LogP contribution in [0, 0.1) is 11.6 Å². The van der Waals surface area contributed by atoms with Crippen LogP contribution in [-0.2, 0) is 14.3 Å². The van der Waals surface area contributed by atoms with Crippen LogP contribution < -0.4 is 15.5 Å². The minimum atomic E-state index is -1.04. The highest BCUT2D eigenvalue weighted by atomic mass is 19.1. The van der Waals surface area contributed by atoms with Crippen molar-refractivity contribution in [3.63, 3.8) is 0 Å². The molecule has 0 spiro atoms. The number of halogens is 2. The predicted molar refractivity (Wildman–Crippen MR) is 142 cm³/mol. The number of nitrogens with one attached hydrogen (secondary N) is 2. The van der Waals surface area contributed by atoms with Gasteiger partial charge in [-0.15, -0.1) is 0 Å². The molecule has 4 rings (SSSR count). The number of imide groups is 1. The van der Waals surface area contributed by atoms with Crippen molar-refractivity contribution in [1.29, 1.82) is 0 Å². The summed E-state index contributed by atoms with van der Waals surface area (Å²) in [6.07, 6.45) is 5.26. The zero-order chi connectivity index (χ0) is 28.0. The van der Waals surface area contributed by atoms with E-state index in [0.717, 1.165) is 11.3 Å². The standard InChI is InChI=1S/C26H30F2N4O4.C2H6/c1-4-15(2)5-6-16(3)31-13-19(14-31)36-26(35)29-17-11-32(12-17)18-9-21(27)24(22(28)10-18)20-7-8-23(33)30-25(20)34;1-2/h4-6,9-10,17,19-20H,3,7-8,11-14H2,1-2H3,(H,29,35)(H,30,33,34);1-2H3/b6-5-,15-4-;. The number of ether oxygens (including phenoxy) is 1. The van der Waals surface area contributed by atoms with Gasteiger partial charge in [0.2, 0.25) is 11.8 Å². The van der Waals surface area contributed by atoms with Gasteiger partial charge in [-0.2, -0.15) is 0 Å². The molecule has 10 heteroatoms. The lowest BCUT2D eigenvalue weighted by molar-refractivity contribution is -0.134. The van der Waals surface area contributed by atoms with Crippen molar-refractivity contribution >= 4 is 23.6 Å². The van der Waals surface area contributed by atoms with Gasteiger partial charge in [-0.25, -0.2) is 13.6 Å². The minimum absolute atomic E-state index is 0.0353. The molecule has 0 bridgehead atoms. The van der Waals surface area contributed by atoms with Gasteiger partial charge in [0.1, 0.15) is 17.7 Å². The molecule has 1 aromatic rings. The summed E-state index contributed by atoms with van der Waals surface area (Å²) in [5.41, 5.74) is 1.98. The highest BCUT2D eigenvalue weighted by Crippen LogP contribution is 2.33. The van der Waals surface area contributed by atoms with Crippen LogP contribution >= 0.6 is 0 Å². The van der Waals surface area contributed by atoms with Gasteiger partial charge in [0.15, 0.2) is 0 Å². The van der Waals surface area contributed by atoms with Gasteiger partial charge in [0, 0.05) is 36.5 Å². The number of alkyl carbamates (subject to hydrolysis) is 1. The average molecular weight is 531 g/mol. The Kier molecular flexibility index (Phi) is 9.66. The van der Waals surface area contributed by atoms with E-state index in [2.05, 4.69) is 17.2 Å². The number of nitrogens with zero attached hydrogens (tertiary/aromatic N) is 2. The first-order chi connectivity index (χ1) is 18.1. The molecule has 38 heavy (non-hydrogen) atoms. The van der Waals surface area contributed by atoms with E-state index in [1.165, 1.54) is 12.1 Å². The van der Waals surface area contributed by atoms with Gasteiger partial charge in [0.05, 0.1) is 25.0 Å². The summed E-state index contributed by atoms with van der Waals surface area (Å²) in [5, 5.41) is 4.89. The van der Waals surface area contributed by atoms with E-state index < -0.39 is 35.5 Å². The number of likely N-dealkylation sites (tertiary alicyclic amines) is 1. The highest BCUT2D eigenvalue weighted by Gasteiger charge is 2.36. The number of carbonyl (C=O) groups excluding carboxylic acids is 3. The Morgan fingerprint density at radius 1 is 1.13 bits per heavy atom.